The Morgan fingerprint density at radius 3 is 2.82 bits per heavy atom. The van der Waals surface area contributed by atoms with E-state index < -0.39 is 0 Å². The maximum Gasteiger partial charge on any atom is 0.197 e. The second-order valence-electron chi connectivity index (χ2n) is 4.42. The standard InChI is InChI=1S/C12H21N5/c1-4-12(2,3)17-11(15-9-13)16-10-6-5-7-14-8-10/h5-8H,4,9,13H2,1-3H3,(H2,15,16,17). The Balaban J connectivity index is 2.72. The second-order valence-corrected chi connectivity index (χ2v) is 4.42. The second kappa shape index (κ2) is 6.20. The molecule has 0 aliphatic carbocycles. The highest BCUT2D eigenvalue weighted by Gasteiger charge is 2.16. The summed E-state index contributed by atoms with van der Waals surface area (Å²) in [4.78, 5) is 8.23. The zero-order chi connectivity index (χ0) is 12.7. The Kier molecular flexibility index (Phi) is 4.90. The highest BCUT2D eigenvalue weighted by molar-refractivity contribution is 5.93. The van der Waals surface area contributed by atoms with E-state index in [4.69, 9.17) is 5.73 Å². The van der Waals surface area contributed by atoms with E-state index in [-0.39, 0.29) is 12.2 Å². The zero-order valence-corrected chi connectivity index (χ0v) is 10.7. The van der Waals surface area contributed by atoms with Crippen LogP contribution < -0.4 is 16.4 Å². The molecule has 0 saturated carbocycles. The smallest absolute Gasteiger partial charge is 0.197 e. The summed E-state index contributed by atoms with van der Waals surface area (Å²) >= 11 is 0. The van der Waals surface area contributed by atoms with Gasteiger partial charge in [0.25, 0.3) is 0 Å². The third kappa shape index (κ3) is 4.82. The van der Waals surface area contributed by atoms with Gasteiger partial charge in [-0.25, -0.2) is 4.99 Å². The molecule has 0 saturated heterocycles. The van der Waals surface area contributed by atoms with Crippen molar-refractivity contribution in [3.8, 4) is 0 Å². The number of aliphatic imine (C=N–C) groups is 1. The molecule has 17 heavy (non-hydrogen) atoms. The molecule has 1 heterocycles. The summed E-state index contributed by atoms with van der Waals surface area (Å²) in [6.07, 6.45) is 4.46. The van der Waals surface area contributed by atoms with Crippen molar-refractivity contribution in [2.75, 3.05) is 12.0 Å². The molecule has 0 amide bonds. The van der Waals surface area contributed by atoms with Gasteiger partial charge in [-0.05, 0) is 32.4 Å². The van der Waals surface area contributed by atoms with Gasteiger partial charge in [0.05, 0.1) is 18.6 Å². The van der Waals surface area contributed by atoms with Crippen LogP contribution in [0.5, 0.6) is 0 Å². The Morgan fingerprint density at radius 2 is 2.29 bits per heavy atom. The number of anilines is 1. The molecule has 0 spiro atoms. The summed E-state index contributed by atoms with van der Waals surface area (Å²) in [5, 5.41) is 6.49. The van der Waals surface area contributed by atoms with Gasteiger partial charge in [-0.3, -0.25) is 4.98 Å². The van der Waals surface area contributed by atoms with Crippen molar-refractivity contribution in [2.24, 2.45) is 10.7 Å². The topological polar surface area (TPSA) is 75.3 Å². The SMILES string of the molecule is CCC(C)(C)N/C(=N\CN)Nc1cccnc1. The Hall–Kier alpha value is -1.62. The number of hydrogen-bond acceptors (Lipinski definition) is 3. The van der Waals surface area contributed by atoms with Gasteiger partial charge in [0.2, 0.25) is 0 Å². The van der Waals surface area contributed by atoms with E-state index >= 15 is 0 Å². The lowest BCUT2D eigenvalue weighted by atomic mass is 10.0. The van der Waals surface area contributed by atoms with Crippen molar-refractivity contribution in [3.05, 3.63) is 24.5 Å². The highest BCUT2D eigenvalue weighted by Crippen LogP contribution is 2.08. The first kappa shape index (κ1) is 13.4. The maximum absolute atomic E-state index is 5.46. The van der Waals surface area contributed by atoms with Crippen molar-refractivity contribution >= 4 is 11.6 Å². The lowest BCUT2D eigenvalue weighted by Crippen LogP contribution is -2.46. The Bertz CT molecular complexity index is 358. The summed E-state index contributed by atoms with van der Waals surface area (Å²) in [6, 6.07) is 3.80. The van der Waals surface area contributed by atoms with Crippen LogP contribution >= 0.6 is 0 Å². The van der Waals surface area contributed by atoms with Crippen LogP contribution in [0.15, 0.2) is 29.5 Å². The van der Waals surface area contributed by atoms with E-state index in [9.17, 15) is 0 Å². The fourth-order valence-electron chi connectivity index (χ4n) is 1.18. The van der Waals surface area contributed by atoms with Crippen LogP contribution in [-0.4, -0.2) is 23.2 Å². The lowest BCUT2D eigenvalue weighted by molar-refractivity contribution is 0.444. The number of guanidine groups is 1. The Morgan fingerprint density at radius 1 is 1.53 bits per heavy atom. The third-order valence-corrected chi connectivity index (χ3v) is 2.51. The predicted octanol–water partition coefficient (Wildman–Crippen LogP) is 1.54. The summed E-state index contributed by atoms with van der Waals surface area (Å²) in [5.74, 6) is 0.673. The molecule has 0 atom stereocenters. The minimum atomic E-state index is -0.0246. The summed E-state index contributed by atoms with van der Waals surface area (Å²) < 4.78 is 0. The fourth-order valence-corrected chi connectivity index (χ4v) is 1.18. The summed E-state index contributed by atoms with van der Waals surface area (Å²) in [6.45, 7) is 6.60. The fraction of sp³-hybridized carbons (Fsp3) is 0.500. The van der Waals surface area contributed by atoms with Gasteiger partial charge in [-0.2, -0.15) is 0 Å². The molecular formula is C12H21N5. The van der Waals surface area contributed by atoms with Crippen molar-refractivity contribution in [1.82, 2.24) is 10.3 Å². The number of nitrogens with zero attached hydrogens (tertiary/aromatic N) is 2. The van der Waals surface area contributed by atoms with Crippen LogP contribution in [0.25, 0.3) is 0 Å². The first-order valence-electron chi connectivity index (χ1n) is 5.77. The molecule has 1 aromatic heterocycles. The van der Waals surface area contributed by atoms with E-state index in [1.54, 1.807) is 12.4 Å². The number of nitrogens with one attached hydrogen (secondary N) is 2. The molecule has 0 aliphatic heterocycles. The van der Waals surface area contributed by atoms with Crippen molar-refractivity contribution in [2.45, 2.75) is 32.7 Å². The summed E-state index contributed by atoms with van der Waals surface area (Å²) in [7, 11) is 0. The van der Waals surface area contributed by atoms with Gasteiger partial charge in [0.15, 0.2) is 5.96 Å². The van der Waals surface area contributed by atoms with Crippen LogP contribution in [0.2, 0.25) is 0 Å². The monoisotopic (exact) mass is 235 g/mol. The van der Waals surface area contributed by atoms with E-state index in [0.717, 1.165) is 12.1 Å². The molecule has 94 valence electrons. The van der Waals surface area contributed by atoms with Crippen LogP contribution in [0.4, 0.5) is 5.69 Å². The van der Waals surface area contributed by atoms with Crippen molar-refractivity contribution < 1.29 is 0 Å². The van der Waals surface area contributed by atoms with E-state index in [0.29, 0.717) is 5.96 Å². The average Bonchev–Trinajstić information content (AvgIpc) is 2.30. The maximum atomic E-state index is 5.46. The van der Waals surface area contributed by atoms with Crippen molar-refractivity contribution in [3.63, 3.8) is 0 Å². The van der Waals surface area contributed by atoms with Crippen LogP contribution in [0.3, 0.4) is 0 Å². The normalized spacial score (nSPS) is 12.4. The predicted molar refractivity (Wildman–Crippen MR) is 71.9 cm³/mol. The molecule has 1 aromatic rings. The zero-order valence-electron chi connectivity index (χ0n) is 10.7. The molecule has 0 aromatic carbocycles. The van der Waals surface area contributed by atoms with Gasteiger partial charge in [0, 0.05) is 11.7 Å². The molecule has 0 unspecified atom stereocenters. The molecule has 0 radical (unpaired) electrons. The molecule has 1 rings (SSSR count). The average molecular weight is 235 g/mol. The molecule has 0 fully saturated rings. The quantitative estimate of drug-likeness (QED) is 0.546. The molecule has 0 aliphatic rings. The van der Waals surface area contributed by atoms with Crippen LogP contribution in [0, 0.1) is 0 Å². The molecule has 5 nitrogen and oxygen atoms in total. The number of hydrogen-bond donors (Lipinski definition) is 3. The first-order valence-corrected chi connectivity index (χ1v) is 5.77. The van der Waals surface area contributed by atoms with E-state index in [1.165, 1.54) is 0 Å². The number of pyridine rings is 1. The molecule has 5 heteroatoms. The van der Waals surface area contributed by atoms with Crippen LogP contribution in [-0.2, 0) is 0 Å². The number of nitrogens with two attached hydrogens (primary N) is 1. The molecular weight excluding hydrogens is 214 g/mol. The Labute approximate surface area is 103 Å². The van der Waals surface area contributed by atoms with Gasteiger partial charge < -0.3 is 16.4 Å². The third-order valence-electron chi connectivity index (χ3n) is 2.51. The summed E-state index contributed by atoms with van der Waals surface area (Å²) in [5.41, 5.74) is 6.32. The number of rotatable bonds is 4. The largest absolute Gasteiger partial charge is 0.351 e. The van der Waals surface area contributed by atoms with Gasteiger partial charge >= 0.3 is 0 Å². The van der Waals surface area contributed by atoms with Crippen molar-refractivity contribution in [1.29, 1.82) is 0 Å². The van der Waals surface area contributed by atoms with E-state index in [2.05, 4.69) is 41.4 Å². The first-order chi connectivity index (χ1) is 8.07. The van der Waals surface area contributed by atoms with Gasteiger partial charge in [0.1, 0.15) is 0 Å². The molecule has 4 N–H and O–H groups in total. The number of aromatic nitrogens is 1. The van der Waals surface area contributed by atoms with Crippen LogP contribution in [0.1, 0.15) is 27.2 Å². The minimum absolute atomic E-state index is 0.0246. The molecule has 0 bridgehead atoms. The van der Waals surface area contributed by atoms with E-state index in [1.807, 2.05) is 12.1 Å². The van der Waals surface area contributed by atoms with Gasteiger partial charge in [-0.15, -0.1) is 0 Å². The minimum Gasteiger partial charge on any atom is -0.351 e. The van der Waals surface area contributed by atoms with Gasteiger partial charge in [-0.1, -0.05) is 6.92 Å². The lowest BCUT2D eigenvalue weighted by Gasteiger charge is -2.27. The highest BCUT2D eigenvalue weighted by atomic mass is 15.2.